The molecule has 0 rings (SSSR count). The number of amides is 1. The monoisotopic (exact) mass is 155 g/mol. The summed E-state index contributed by atoms with van der Waals surface area (Å²) in [7, 11) is 3.54. The van der Waals surface area contributed by atoms with Gasteiger partial charge in [-0.2, -0.15) is 0 Å². The number of hydrogen-bond acceptors (Lipinski definition) is 1. The van der Waals surface area contributed by atoms with E-state index in [-0.39, 0.29) is 11.3 Å². The van der Waals surface area contributed by atoms with Crippen molar-refractivity contribution in [2.45, 2.75) is 20.3 Å². The molecule has 0 fully saturated rings. The lowest BCUT2D eigenvalue weighted by atomic mass is 9.88. The van der Waals surface area contributed by atoms with E-state index in [0.29, 0.717) is 0 Å². The van der Waals surface area contributed by atoms with Crippen LogP contribution in [0, 0.1) is 5.41 Å². The van der Waals surface area contributed by atoms with Crippen LogP contribution in [0.4, 0.5) is 0 Å². The van der Waals surface area contributed by atoms with E-state index in [9.17, 15) is 4.79 Å². The number of rotatable bonds is 3. The van der Waals surface area contributed by atoms with Crippen LogP contribution in [-0.2, 0) is 4.79 Å². The quantitative estimate of drug-likeness (QED) is 0.568. The fourth-order valence-electron chi connectivity index (χ4n) is 1.05. The number of carbonyl (C=O) groups is 1. The first kappa shape index (κ1) is 10.2. The van der Waals surface area contributed by atoms with Gasteiger partial charge in [0, 0.05) is 19.5 Å². The Hall–Kier alpha value is -0.790. The van der Waals surface area contributed by atoms with Crippen LogP contribution in [0.3, 0.4) is 0 Å². The van der Waals surface area contributed by atoms with Gasteiger partial charge < -0.3 is 4.90 Å². The van der Waals surface area contributed by atoms with Gasteiger partial charge in [-0.3, -0.25) is 4.79 Å². The molecule has 2 heteroatoms. The van der Waals surface area contributed by atoms with Crippen molar-refractivity contribution in [3.8, 4) is 0 Å². The normalized spacial score (nSPS) is 10.9. The van der Waals surface area contributed by atoms with E-state index in [0.717, 1.165) is 6.42 Å². The molecule has 0 saturated carbocycles. The van der Waals surface area contributed by atoms with Crippen LogP contribution in [0.25, 0.3) is 0 Å². The van der Waals surface area contributed by atoms with Gasteiger partial charge >= 0.3 is 0 Å². The predicted molar refractivity (Wildman–Crippen MR) is 47.3 cm³/mol. The highest BCUT2D eigenvalue weighted by Gasteiger charge is 2.27. The Kier molecular flexibility index (Phi) is 3.30. The fourth-order valence-corrected chi connectivity index (χ4v) is 1.05. The first-order chi connectivity index (χ1) is 4.91. The van der Waals surface area contributed by atoms with Crippen molar-refractivity contribution in [1.82, 2.24) is 4.90 Å². The minimum Gasteiger partial charge on any atom is -0.348 e. The summed E-state index contributed by atoms with van der Waals surface area (Å²) >= 11 is 0. The van der Waals surface area contributed by atoms with Crippen molar-refractivity contribution < 1.29 is 4.79 Å². The molecule has 0 aromatic carbocycles. The molecule has 1 amide bonds. The third-order valence-electron chi connectivity index (χ3n) is 1.64. The summed E-state index contributed by atoms with van der Waals surface area (Å²) in [5.41, 5.74) is -0.300. The van der Waals surface area contributed by atoms with Crippen LogP contribution in [0.1, 0.15) is 20.3 Å². The number of allylic oxidation sites excluding steroid dienone is 1. The number of carbonyl (C=O) groups excluding carboxylic acids is 1. The average Bonchev–Trinajstić information content (AvgIpc) is 1.86. The van der Waals surface area contributed by atoms with Gasteiger partial charge in [0.05, 0.1) is 0 Å². The van der Waals surface area contributed by atoms with E-state index >= 15 is 0 Å². The summed E-state index contributed by atoms with van der Waals surface area (Å²) in [6, 6.07) is 0. The lowest BCUT2D eigenvalue weighted by Crippen LogP contribution is -2.35. The van der Waals surface area contributed by atoms with E-state index in [1.165, 1.54) is 0 Å². The largest absolute Gasteiger partial charge is 0.348 e. The summed E-state index contributed by atoms with van der Waals surface area (Å²) in [5, 5.41) is 0. The molecule has 0 atom stereocenters. The molecule has 0 aromatic rings. The summed E-state index contributed by atoms with van der Waals surface area (Å²) in [4.78, 5) is 13.0. The Morgan fingerprint density at radius 3 is 2.27 bits per heavy atom. The molecule has 0 radical (unpaired) electrons. The van der Waals surface area contributed by atoms with Gasteiger partial charge in [-0.25, -0.2) is 0 Å². The zero-order chi connectivity index (χ0) is 9.07. The Balaban J connectivity index is 4.28. The highest BCUT2D eigenvalue weighted by molar-refractivity contribution is 5.81. The molecule has 2 nitrogen and oxygen atoms in total. The van der Waals surface area contributed by atoms with Gasteiger partial charge in [0.2, 0.25) is 5.91 Å². The molecule has 0 aliphatic carbocycles. The Morgan fingerprint density at radius 1 is 1.55 bits per heavy atom. The standard InChI is InChI=1S/C9H17NO/c1-6-7-9(2,3)8(11)10(4)5/h6H,1,7H2,2-5H3. The number of nitrogens with zero attached hydrogens (tertiary/aromatic N) is 1. The Morgan fingerprint density at radius 2 is 2.00 bits per heavy atom. The van der Waals surface area contributed by atoms with E-state index in [1.807, 2.05) is 13.8 Å². The maximum absolute atomic E-state index is 11.4. The van der Waals surface area contributed by atoms with Crippen LogP contribution >= 0.6 is 0 Å². The Labute approximate surface area is 68.9 Å². The van der Waals surface area contributed by atoms with Crippen LogP contribution in [0.15, 0.2) is 12.7 Å². The predicted octanol–water partition coefficient (Wildman–Crippen LogP) is 1.68. The van der Waals surface area contributed by atoms with Gasteiger partial charge in [0.25, 0.3) is 0 Å². The highest BCUT2D eigenvalue weighted by atomic mass is 16.2. The smallest absolute Gasteiger partial charge is 0.228 e. The first-order valence-corrected chi connectivity index (χ1v) is 3.74. The lowest BCUT2D eigenvalue weighted by molar-refractivity contribution is -0.137. The highest BCUT2D eigenvalue weighted by Crippen LogP contribution is 2.22. The van der Waals surface area contributed by atoms with Crippen molar-refractivity contribution in [3.05, 3.63) is 12.7 Å². The molecule has 64 valence electrons. The molecule has 0 aliphatic rings. The zero-order valence-corrected chi connectivity index (χ0v) is 7.85. The maximum Gasteiger partial charge on any atom is 0.228 e. The topological polar surface area (TPSA) is 20.3 Å². The SMILES string of the molecule is C=CCC(C)(C)C(=O)N(C)C. The van der Waals surface area contributed by atoms with Crippen molar-refractivity contribution in [3.63, 3.8) is 0 Å². The average molecular weight is 155 g/mol. The minimum atomic E-state index is -0.300. The summed E-state index contributed by atoms with van der Waals surface area (Å²) in [5.74, 6) is 0.150. The van der Waals surface area contributed by atoms with E-state index in [4.69, 9.17) is 0 Å². The molecule has 0 aromatic heterocycles. The molecule has 11 heavy (non-hydrogen) atoms. The van der Waals surface area contributed by atoms with Crippen LogP contribution in [-0.4, -0.2) is 24.9 Å². The van der Waals surface area contributed by atoms with E-state index < -0.39 is 0 Å². The second kappa shape index (κ2) is 3.56. The zero-order valence-electron chi connectivity index (χ0n) is 7.85. The lowest BCUT2D eigenvalue weighted by Gasteiger charge is -2.25. The number of hydrogen-bond donors (Lipinski definition) is 0. The summed E-state index contributed by atoms with van der Waals surface area (Å²) in [6.45, 7) is 7.47. The van der Waals surface area contributed by atoms with Gasteiger partial charge in [-0.1, -0.05) is 19.9 Å². The van der Waals surface area contributed by atoms with Gasteiger partial charge in [0.15, 0.2) is 0 Å². The van der Waals surface area contributed by atoms with Crippen molar-refractivity contribution >= 4 is 5.91 Å². The maximum atomic E-state index is 11.4. The molecule has 0 spiro atoms. The molecule has 0 heterocycles. The third kappa shape index (κ3) is 2.74. The molecule has 0 N–H and O–H groups in total. The second-order valence-corrected chi connectivity index (χ2v) is 3.58. The van der Waals surface area contributed by atoms with Gasteiger partial charge in [0.1, 0.15) is 0 Å². The van der Waals surface area contributed by atoms with Crippen LogP contribution in [0.2, 0.25) is 0 Å². The molecular formula is C9H17NO. The summed E-state index contributed by atoms with van der Waals surface area (Å²) in [6.07, 6.45) is 2.51. The molecular weight excluding hydrogens is 138 g/mol. The summed E-state index contributed by atoms with van der Waals surface area (Å²) < 4.78 is 0. The molecule has 0 bridgehead atoms. The molecule has 0 saturated heterocycles. The van der Waals surface area contributed by atoms with E-state index in [2.05, 4.69) is 6.58 Å². The Bertz CT molecular complexity index is 159. The van der Waals surface area contributed by atoms with Crippen molar-refractivity contribution in [2.75, 3.05) is 14.1 Å². The second-order valence-electron chi connectivity index (χ2n) is 3.58. The minimum absolute atomic E-state index is 0.150. The van der Waals surface area contributed by atoms with Crippen LogP contribution in [0.5, 0.6) is 0 Å². The van der Waals surface area contributed by atoms with Crippen molar-refractivity contribution in [1.29, 1.82) is 0 Å². The van der Waals surface area contributed by atoms with Gasteiger partial charge in [-0.15, -0.1) is 6.58 Å². The first-order valence-electron chi connectivity index (χ1n) is 3.74. The fraction of sp³-hybridized carbons (Fsp3) is 0.667. The van der Waals surface area contributed by atoms with Gasteiger partial charge in [-0.05, 0) is 6.42 Å². The third-order valence-corrected chi connectivity index (χ3v) is 1.64. The van der Waals surface area contributed by atoms with Crippen LogP contribution < -0.4 is 0 Å². The molecule has 0 aliphatic heterocycles. The van der Waals surface area contributed by atoms with Crippen molar-refractivity contribution in [2.24, 2.45) is 5.41 Å². The van der Waals surface area contributed by atoms with E-state index in [1.54, 1.807) is 25.1 Å². The molecule has 0 unspecified atom stereocenters.